The van der Waals surface area contributed by atoms with Crippen molar-refractivity contribution < 1.29 is 4.74 Å². The zero-order valence-corrected chi connectivity index (χ0v) is 16.4. The zero-order valence-electron chi connectivity index (χ0n) is 15.4. The summed E-state index contributed by atoms with van der Waals surface area (Å²) in [7, 11) is 3.56. The van der Waals surface area contributed by atoms with Crippen molar-refractivity contribution in [1.29, 1.82) is 0 Å². The minimum Gasteiger partial charge on any atom is -0.373 e. The Hall–Kier alpha value is -2.42. The fraction of sp³-hybridized carbons (Fsp3) is 0.200. The number of fused-ring (bicyclic) bond motifs is 2. The van der Waals surface area contributed by atoms with Crippen LogP contribution in [0.5, 0.6) is 0 Å². The molecule has 0 spiro atoms. The summed E-state index contributed by atoms with van der Waals surface area (Å²) in [5, 5.41) is 5.14. The summed E-state index contributed by atoms with van der Waals surface area (Å²) in [4.78, 5) is 0. The molecule has 1 atom stereocenters. The van der Waals surface area contributed by atoms with E-state index in [4.69, 9.17) is 4.74 Å². The van der Waals surface area contributed by atoms with E-state index >= 15 is 0 Å². The molecule has 0 saturated heterocycles. The van der Waals surface area contributed by atoms with Crippen molar-refractivity contribution in [3.8, 4) is 0 Å². The predicted octanol–water partition coefficient (Wildman–Crippen LogP) is 6.27. The van der Waals surface area contributed by atoms with Crippen molar-refractivity contribution in [3.63, 3.8) is 0 Å². The van der Waals surface area contributed by atoms with Gasteiger partial charge in [-0.3, -0.25) is 0 Å². The molecule has 0 N–H and O–H groups in total. The molecular formula is C25H23OSi. The van der Waals surface area contributed by atoms with Crippen LogP contribution in [0.3, 0.4) is 0 Å². The number of benzene rings is 4. The molecule has 1 nitrogen and oxygen atoms in total. The monoisotopic (exact) mass is 367 g/mol. The van der Waals surface area contributed by atoms with Crippen molar-refractivity contribution in [1.82, 2.24) is 0 Å². The number of hydrogen-bond donors (Lipinski definition) is 0. The van der Waals surface area contributed by atoms with Crippen LogP contribution in [-0.2, 0) is 11.2 Å². The van der Waals surface area contributed by atoms with Crippen molar-refractivity contribution in [3.05, 3.63) is 96.1 Å². The minimum absolute atomic E-state index is 0.0418. The van der Waals surface area contributed by atoms with E-state index in [-0.39, 0.29) is 6.10 Å². The molecule has 1 unspecified atom stereocenters. The van der Waals surface area contributed by atoms with E-state index in [1.807, 2.05) is 0 Å². The Morgan fingerprint density at radius 1 is 0.704 bits per heavy atom. The lowest BCUT2D eigenvalue weighted by atomic mass is 9.93. The van der Waals surface area contributed by atoms with Crippen LogP contribution in [0.25, 0.3) is 21.5 Å². The van der Waals surface area contributed by atoms with Crippen molar-refractivity contribution in [2.75, 3.05) is 6.61 Å². The molecule has 4 rings (SSSR count). The van der Waals surface area contributed by atoms with Gasteiger partial charge in [0.05, 0.1) is 6.10 Å². The van der Waals surface area contributed by atoms with E-state index in [0.29, 0.717) is 0 Å². The lowest BCUT2D eigenvalue weighted by Crippen LogP contribution is -2.10. The molecule has 3 radical (unpaired) electrons. The van der Waals surface area contributed by atoms with Gasteiger partial charge in [0, 0.05) is 23.3 Å². The maximum atomic E-state index is 6.40. The van der Waals surface area contributed by atoms with Gasteiger partial charge in [-0.25, -0.2) is 0 Å². The van der Waals surface area contributed by atoms with Gasteiger partial charge in [0.2, 0.25) is 0 Å². The van der Waals surface area contributed by atoms with Crippen molar-refractivity contribution >= 4 is 31.8 Å². The van der Waals surface area contributed by atoms with E-state index < -0.39 is 0 Å². The van der Waals surface area contributed by atoms with Gasteiger partial charge < -0.3 is 4.74 Å². The summed E-state index contributed by atoms with van der Waals surface area (Å²) in [6, 6.07) is 31.2. The highest BCUT2D eigenvalue weighted by atomic mass is 28.1. The molecule has 0 amide bonds. The van der Waals surface area contributed by atoms with Crippen molar-refractivity contribution in [2.24, 2.45) is 0 Å². The molecule has 0 aliphatic rings. The van der Waals surface area contributed by atoms with Crippen LogP contribution < -0.4 is 0 Å². The Morgan fingerprint density at radius 3 is 2.11 bits per heavy atom. The first-order valence-electron chi connectivity index (χ1n) is 9.57. The molecule has 0 aliphatic heterocycles. The Labute approximate surface area is 164 Å². The molecule has 0 aliphatic carbocycles. The topological polar surface area (TPSA) is 9.23 Å². The third-order valence-electron chi connectivity index (χ3n) is 5.10. The Bertz CT molecular complexity index is 1030. The smallest absolute Gasteiger partial charge is 0.0871 e. The van der Waals surface area contributed by atoms with Gasteiger partial charge in [-0.15, -0.1) is 0 Å². The van der Waals surface area contributed by atoms with Crippen molar-refractivity contribution in [2.45, 2.75) is 25.0 Å². The predicted molar refractivity (Wildman–Crippen MR) is 115 cm³/mol. The third kappa shape index (κ3) is 3.97. The Morgan fingerprint density at radius 2 is 1.33 bits per heavy atom. The lowest BCUT2D eigenvalue weighted by Gasteiger charge is -2.21. The Balaban J connectivity index is 1.74. The molecule has 0 heterocycles. The second-order valence-electron chi connectivity index (χ2n) is 6.87. The normalized spacial score (nSPS) is 12.5. The highest BCUT2D eigenvalue weighted by Crippen LogP contribution is 2.31. The number of hydrogen-bond acceptors (Lipinski definition) is 1. The Kier molecular flexibility index (Phi) is 5.66. The molecule has 0 saturated carbocycles. The first-order valence-corrected chi connectivity index (χ1v) is 10.3. The fourth-order valence-electron chi connectivity index (χ4n) is 3.76. The fourth-order valence-corrected chi connectivity index (χ4v) is 3.90. The summed E-state index contributed by atoms with van der Waals surface area (Å²) < 4.78 is 6.40. The van der Waals surface area contributed by atoms with Crippen LogP contribution in [0, 0.1) is 0 Å². The summed E-state index contributed by atoms with van der Waals surface area (Å²) >= 11 is 0. The van der Waals surface area contributed by atoms with Crippen LogP contribution in [0.1, 0.15) is 23.7 Å². The average Bonchev–Trinajstić information content (AvgIpc) is 2.73. The number of rotatable bonds is 7. The molecule has 4 aromatic carbocycles. The van der Waals surface area contributed by atoms with Crippen LogP contribution in [0.2, 0.25) is 6.04 Å². The molecular weight excluding hydrogens is 344 g/mol. The second-order valence-corrected chi connectivity index (χ2v) is 7.37. The zero-order chi connectivity index (χ0) is 18.5. The first-order chi connectivity index (χ1) is 13.4. The molecule has 4 aromatic rings. The molecule has 133 valence electrons. The highest BCUT2D eigenvalue weighted by Gasteiger charge is 2.17. The van der Waals surface area contributed by atoms with Gasteiger partial charge in [-0.2, -0.15) is 0 Å². The van der Waals surface area contributed by atoms with Crippen LogP contribution in [0.4, 0.5) is 0 Å². The molecule has 27 heavy (non-hydrogen) atoms. The minimum atomic E-state index is 0.0418. The van der Waals surface area contributed by atoms with E-state index in [1.165, 1.54) is 32.7 Å². The quantitative estimate of drug-likeness (QED) is 0.276. The standard InChI is InChI=1S/C25H23OSi/c27-17-7-16-26-25(24-15-6-11-20-9-2-4-14-23(20)24)18-21-12-5-10-19-8-1-3-13-22(19)21/h1-6,8-15,25H,7,16-18H2. The van der Waals surface area contributed by atoms with E-state index in [2.05, 4.69) is 95.2 Å². The lowest BCUT2D eigenvalue weighted by molar-refractivity contribution is 0.0546. The summed E-state index contributed by atoms with van der Waals surface area (Å²) in [5.74, 6) is 0. The van der Waals surface area contributed by atoms with Crippen LogP contribution in [0.15, 0.2) is 84.9 Å². The molecule has 0 fully saturated rings. The van der Waals surface area contributed by atoms with Gasteiger partial charge in [0.15, 0.2) is 0 Å². The summed E-state index contributed by atoms with van der Waals surface area (Å²) in [6.45, 7) is 0.752. The number of ether oxygens (including phenoxy) is 1. The highest BCUT2D eigenvalue weighted by molar-refractivity contribution is 6.08. The van der Waals surface area contributed by atoms with Gasteiger partial charge >= 0.3 is 0 Å². The van der Waals surface area contributed by atoms with Gasteiger partial charge in [0.25, 0.3) is 0 Å². The van der Waals surface area contributed by atoms with E-state index in [9.17, 15) is 0 Å². The maximum absolute atomic E-state index is 6.40. The van der Waals surface area contributed by atoms with E-state index in [0.717, 1.165) is 25.5 Å². The third-order valence-corrected chi connectivity index (χ3v) is 5.45. The molecule has 0 bridgehead atoms. The second kappa shape index (κ2) is 8.51. The van der Waals surface area contributed by atoms with Gasteiger partial charge in [-0.05, 0) is 39.1 Å². The summed E-state index contributed by atoms with van der Waals surface area (Å²) in [5.41, 5.74) is 2.61. The van der Waals surface area contributed by atoms with Gasteiger partial charge in [-0.1, -0.05) is 91.0 Å². The van der Waals surface area contributed by atoms with Crippen LogP contribution in [-0.4, -0.2) is 16.8 Å². The maximum Gasteiger partial charge on any atom is 0.0871 e. The molecule has 2 heteroatoms. The molecule has 0 aromatic heterocycles. The van der Waals surface area contributed by atoms with E-state index in [1.54, 1.807) is 0 Å². The van der Waals surface area contributed by atoms with Crippen LogP contribution >= 0.6 is 0 Å². The SMILES string of the molecule is [Si]CCCOC(Cc1cccc2ccccc12)c1cccc2ccccc12. The first kappa shape index (κ1) is 18.0. The largest absolute Gasteiger partial charge is 0.373 e. The van der Waals surface area contributed by atoms with Gasteiger partial charge in [0.1, 0.15) is 0 Å². The summed E-state index contributed by atoms with van der Waals surface area (Å²) in [6.07, 6.45) is 1.92. The average molecular weight is 368 g/mol.